The second-order valence-corrected chi connectivity index (χ2v) is 4.70. The Bertz CT molecular complexity index is 471. The third-order valence-corrected chi connectivity index (χ3v) is 2.89. The maximum atomic E-state index is 11.6. The van der Waals surface area contributed by atoms with Crippen molar-refractivity contribution in [3.8, 4) is 0 Å². The molecular weight excluding hydrogens is 260 g/mol. The Morgan fingerprint density at radius 3 is 2.70 bits per heavy atom. The van der Waals surface area contributed by atoms with Gasteiger partial charge in [-0.3, -0.25) is 0 Å². The average molecular weight is 278 g/mol. The zero-order chi connectivity index (χ0) is 14.4. The second kappa shape index (κ2) is 6.85. The van der Waals surface area contributed by atoms with Crippen molar-refractivity contribution < 1.29 is 14.7 Å². The van der Waals surface area contributed by atoms with Crippen molar-refractivity contribution in [2.24, 2.45) is 0 Å². The SMILES string of the molecule is O=C(NCCCNC1CC1)Nc1ccc(C(=O)O)nc1. The summed E-state index contributed by atoms with van der Waals surface area (Å²) in [6, 6.07) is 3.21. The van der Waals surface area contributed by atoms with E-state index in [1.807, 2.05) is 0 Å². The van der Waals surface area contributed by atoms with E-state index in [1.165, 1.54) is 31.2 Å². The molecule has 0 spiro atoms. The number of carboxylic acids is 1. The largest absolute Gasteiger partial charge is 0.477 e. The summed E-state index contributed by atoms with van der Waals surface area (Å²) >= 11 is 0. The van der Waals surface area contributed by atoms with Gasteiger partial charge in [0.1, 0.15) is 5.69 Å². The van der Waals surface area contributed by atoms with Gasteiger partial charge in [0.05, 0.1) is 11.9 Å². The number of carbonyl (C=O) groups is 2. The van der Waals surface area contributed by atoms with E-state index >= 15 is 0 Å². The van der Waals surface area contributed by atoms with Gasteiger partial charge in [0, 0.05) is 12.6 Å². The molecule has 7 heteroatoms. The number of nitrogens with zero attached hydrogens (tertiary/aromatic N) is 1. The summed E-state index contributed by atoms with van der Waals surface area (Å²) in [6.07, 6.45) is 4.71. The zero-order valence-corrected chi connectivity index (χ0v) is 11.1. The van der Waals surface area contributed by atoms with Gasteiger partial charge >= 0.3 is 12.0 Å². The fraction of sp³-hybridized carbons (Fsp3) is 0.462. The highest BCUT2D eigenvalue weighted by Crippen LogP contribution is 2.18. The number of rotatable bonds is 7. The molecule has 0 aromatic carbocycles. The number of hydrogen-bond acceptors (Lipinski definition) is 4. The average Bonchev–Trinajstić information content (AvgIpc) is 3.23. The Morgan fingerprint density at radius 1 is 1.30 bits per heavy atom. The molecule has 2 rings (SSSR count). The minimum absolute atomic E-state index is 0.0536. The molecule has 1 fully saturated rings. The van der Waals surface area contributed by atoms with Gasteiger partial charge in [0.25, 0.3) is 0 Å². The van der Waals surface area contributed by atoms with Crippen LogP contribution in [-0.2, 0) is 0 Å². The molecule has 20 heavy (non-hydrogen) atoms. The van der Waals surface area contributed by atoms with Crippen LogP contribution >= 0.6 is 0 Å². The molecular formula is C13H18N4O3. The summed E-state index contributed by atoms with van der Waals surface area (Å²) < 4.78 is 0. The van der Waals surface area contributed by atoms with Crippen LogP contribution in [-0.4, -0.2) is 41.2 Å². The van der Waals surface area contributed by atoms with Gasteiger partial charge in [0.15, 0.2) is 0 Å². The number of carbonyl (C=O) groups excluding carboxylic acids is 1. The molecule has 1 saturated carbocycles. The number of amides is 2. The van der Waals surface area contributed by atoms with E-state index in [4.69, 9.17) is 5.11 Å². The van der Waals surface area contributed by atoms with E-state index in [9.17, 15) is 9.59 Å². The van der Waals surface area contributed by atoms with Crippen molar-refractivity contribution in [1.82, 2.24) is 15.6 Å². The number of carboxylic acid groups (broad SMARTS) is 1. The highest BCUT2D eigenvalue weighted by atomic mass is 16.4. The van der Waals surface area contributed by atoms with Gasteiger partial charge in [-0.25, -0.2) is 14.6 Å². The van der Waals surface area contributed by atoms with Gasteiger partial charge in [0.2, 0.25) is 0 Å². The number of aromatic nitrogens is 1. The molecule has 0 radical (unpaired) electrons. The van der Waals surface area contributed by atoms with Crippen molar-refractivity contribution in [2.75, 3.05) is 18.4 Å². The van der Waals surface area contributed by atoms with Crippen LogP contribution in [0.1, 0.15) is 29.8 Å². The molecule has 0 aliphatic heterocycles. The van der Waals surface area contributed by atoms with E-state index in [1.54, 1.807) is 0 Å². The van der Waals surface area contributed by atoms with E-state index in [0.717, 1.165) is 13.0 Å². The quantitative estimate of drug-likeness (QED) is 0.558. The standard InChI is InChI=1S/C13H18N4O3/c18-12(19)11-5-4-10(8-16-11)17-13(20)15-7-1-6-14-9-2-3-9/h4-5,8-9,14H,1-3,6-7H2,(H,18,19)(H2,15,17,20). The van der Waals surface area contributed by atoms with Gasteiger partial charge in [-0.1, -0.05) is 0 Å². The van der Waals surface area contributed by atoms with E-state index in [2.05, 4.69) is 20.9 Å². The first-order chi connectivity index (χ1) is 9.65. The van der Waals surface area contributed by atoms with E-state index < -0.39 is 5.97 Å². The fourth-order valence-corrected chi connectivity index (χ4v) is 1.65. The third kappa shape index (κ3) is 4.85. The minimum Gasteiger partial charge on any atom is -0.477 e. The predicted octanol–water partition coefficient (Wildman–Crippen LogP) is 1.04. The Hall–Kier alpha value is -2.15. The van der Waals surface area contributed by atoms with Gasteiger partial charge < -0.3 is 21.1 Å². The number of aromatic carboxylic acids is 1. The van der Waals surface area contributed by atoms with Crippen LogP contribution < -0.4 is 16.0 Å². The lowest BCUT2D eigenvalue weighted by Gasteiger charge is -2.07. The Morgan fingerprint density at radius 2 is 2.10 bits per heavy atom. The highest BCUT2D eigenvalue weighted by molar-refractivity contribution is 5.90. The maximum absolute atomic E-state index is 11.6. The Labute approximate surface area is 116 Å². The van der Waals surface area contributed by atoms with Crippen LogP contribution in [0.25, 0.3) is 0 Å². The number of anilines is 1. The number of hydrogen-bond donors (Lipinski definition) is 4. The molecule has 0 unspecified atom stereocenters. The maximum Gasteiger partial charge on any atom is 0.354 e. The molecule has 0 saturated heterocycles. The van der Waals surface area contributed by atoms with E-state index in [-0.39, 0.29) is 11.7 Å². The molecule has 1 aliphatic carbocycles. The Balaban J connectivity index is 1.63. The van der Waals surface area contributed by atoms with Crippen LogP contribution in [0.2, 0.25) is 0 Å². The molecule has 2 amide bonds. The van der Waals surface area contributed by atoms with Crippen LogP contribution in [0.15, 0.2) is 18.3 Å². The number of nitrogens with one attached hydrogen (secondary N) is 3. The lowest BCUT2D eigenvalue weighted by atomic mass is 10.3. The molecule has 4 N–H and O–H groups in total. The van der Waals surface area contributed by atoms with Gasteiger partial charge in [-0.15, -0.1) is 0 Å². The molecule has 0 atom stereocenters. The predicted molar refractivity (Wildman–Crippen MR) is 73.9 cm³/mol. The van der Waals surface area contributed by atoms with Crippen molar-refractivity contribution >= 4 is 17.7 Å². The van der Waals surface area contributed by atoms with Gasteiger partial charge in [-0.2, -0.15) is 0 Å². The second-order valence-electron chi connectivity index (χ2n) is 4.70. The van der Waals surface area contributed by atoms with Crippen molar-refractivity contribution in [3.63, 3.8) is 0 Å². The highest BCUT2D eigenvalue weighted by Gasteiger charge is 2.19. The van der Waals surface area contributed by atoms with Crippen molar-refractivity contribution in [1.29, 1.82) is 0 Å². The van der Waals surface area contributed by atoms with Crippen molar-refractivity contribution in [2.45, 2.75) is 25.3 Å². The van der Waals surface area contributed by atoms with Crippen LogP contribution in [0.3, 0.4) is 0 Å². The number of urea groups is 1. The first-order valence-corrected chi connectivity index (χ1v) is 6.63. The normalized spacial score (nSPS) is 13.8. The summed E-state index contributed by atoms with van der Waals surface area (Å²) in [7, 11) is 0. The molecule has 7 nitrogen and oxygen atoms in total. The lowest BCUT2D eigenvalue weighted by molar-refractivity contribution is 0.0690. The molecule has 1 aliphatic rings. The molecule has 1 aromatic heterocycles. The van der Waals surface area contributed by atoms with Gasteiger partial charge in [-0.05, 0) is 37.9 Å². The van der Waals surface area contributed by atoms with Crippen LogP contribution in [0, 0.1) is 0 Å². The minimum atomic E-state index is -1.09. The topological polar surface area (TPSA) is 103 Å². The van der Waals surface area contributed by atoms with E-state index in [0.29, 0.717) is 18.3 Å². The lowest BCUT2D eigenvalue weighted by Crippen LogP contribution is -2.31. The fourth-order valence-electron chi connectivity index (χ4n) is 1.65. The summed E-state index contributed by atoms with van der Waals surface area (Å²) in [5.41, 5.74) is 0.408. The van der Waals surface area contributed by atoms with Crippen molar-refractivity contribution in [3.05, 3.63) is 24.0 Å². The number of pyridine rings is 1. The molecule has 0 bridgehead atoms. The summed E-state index contributed by atoms with van der Waals surface area (Å²) in [5.74, 6) is -1.09. The molecule has 1 aromatic rings. The molecule has 108 valence electrons. The monoisotopic (exact) mass is 278 g/mol. The molecule has 1 heterocycles. The summed E-state index contributed by atoms with van der Waals surface area (Å²) in [6.45, 7) is 1.49. The summed E-state index contributed by atoms with van der Waals surface area (Å²) in [4.78, 5) is 25.9. The smallest absolute Gasteiger partial charge is 0.354 e. The van der Waals surface area contributed by atoms with Crippen LogP contribution in [0.4, 0.5) is 10.5 Å². The summed E-state index contributed by atoms with van der Waals surface area (Å²) in [5, 5.41) is 17.4. The first kappa shape index (κ1) is 14.3. The zero-order valence-electron chi connectivity index (χ0n) is 11.1. The third-order valence-electron chi connectivity index (χ3n) is 2.89. The Kier molecular flexibility index (Phi) is 4.89. The first-order valence-electron chi connectivity index (χ1n) is 6.63. The van der Waals surface area contributed by atoms with Crippen LogP contribution in [0.5, 0.6) is 0 Å².